The molecule has 0 fully saturated rings. The molecule has 4 rings (SSSR count). The van der Waals surface area contributed by atoms with Gasteiger partial charge in [0.05, 0.1) is 7.11 Å². The maximum atomic E-state index is 13.4. The lowest BCUT2D eigenvalue weighted by atomic mass is 10.1. The first-order valence-electron chi connectivity index (χ1n) is 11.1. The van der Waals surface area contributed by atoms with Gasteiger partial charge in [0.15, 0.2) is 11.0 Å². The Bertz CT molecular complexity index is 1240. The van der Waals surface area contributed by atoms with Crippen molar-refractivity contribution in [3.8, 4) is 17.1 Å². The summed E-state index contributed by atoms with van der Waals surface area (Å²) in [6.45, 7) is 6.20. The van der Waals surface area contributed by atoms with E-state index in [1.807, 2.05) is 85.8 Å². The number of aromatic nitrogens is 3. The summed E-state index contributed by atoms with van der Waals surface area (Å²) < 4.78 is 7.35. The van der Waals surface area contributed by atoms with Crippen molar-refractivity contribution in [3.63, 3.8) is 0 Å². The molecule has 1 N–H and O–H groups in total. The molecule has 174 valence electrons. The van der Waals surface area contributed by atoms with E-state index in [0.717, 1.165) is 34.0 Å². The number of nitrogens with one attached hydrogen (secondary N) is 1. The molecule has 0 spiro atoms. The number of hydrogen-bond donors (Lipinski definition) is 1. The summed E-state index contributed by atoms with van der Waals surface area (Å²) in [6, 6.07) is 25.4. The van der Waals surface area contributed by atoms with E-state index in [1.165, 1.54) is 11.8 Å². The van der Waals surface area contributed by atoms with Crippen LogP contribution in [0.15, 0.2) is 84.0 Å². The van der Waals surface area contributed by atoms with Crippen LogP contribution in [0, 0.1) is 6.92 Å². The monoisotopic (exact) mass is 472 g/mol. The molecule has 0 aliphatic rings. The second-order valence-electron chi connectivity index (χ2n) is 8.26. The molecule has 0 bridgehead atoms. The molecule has 6 nitrogen and oxygen atoms in total. The zero-order chi connectivity index (χ0) is 24.1. The first kappa shape index (κ1) is 23.6. The number of amides is 1. The van der Waals surface area contributed by atoms with Crippen LogP contribution in [0.3, 0.4) is 0 Å². The van der Waals surface area contributed by atoms with Crippen LogP contribution in [0.2, 0.25) is 0 Å². The number of carbonyl (C=O) groups excluding carboxylic acids is 1. The highest BCUT2D eigenvalue weighted by Gasteiger charge is 2.27. The Balaban J connectivity index is 1.67. The average molecular weight is 473 g/mol. The number of anilines is 1. The Kier molecular flexibility index (Phi) is 7.33. The molecule has 1 aromatic heterocycles. The molecule has 4 aromatic rings. The van der Waals surface area contributed by atoms with Crippen molar-refractivity contribution < 1.29 is 9.53 Å². The molecule has 0 radical (unpaired) electrons. The topological polar surface area (TPSA) is 69.0 Å². The first-order valence-corrected chi connectivity index (χ1v) is 12.0. The fourth-order valence-electron chi connectivity index (χ4n) is 3.61. The fourth-order valence-corrected chi connectivity index (χ4v) is 4.78. The van der Waals surface area contributed by atoms with Crippen LogP contribution >= 0.6 is 11.8 Å². The molecular formula is C27H28N4O2S. The van der Waals surface area contributed by atoms with Crippen molar-refractivity contribution in [1.29, 1.82) is 0 Å². The van der Waals surface area contributed by atoms with Gasteiger partial charge in [-0.05, 0) is 62.7 Å². The van der Waals surface area contributed by atoms with E-state index >= 15 is 0 Å². The van der Waals surface area contributed by atoms with Gasteiger partial charge >= 0.3 is 0 Å². The molecular weight excluding hydrogens is 444 g/mol. The third-order valence-electron chi connectivity index (χ3n) is 5.41. The van der Waals surface area contributed by atoms with Crippen molar-refractivity contribution in [1.82, 2.24) is 14.8 Å². The summed E-state index contributed by atoms with van der Waals surface area (Å²) in [5, 5.41) is 12.2. The standard InChI is InChI=1S/C27H28N4O2S/c1-18(2)31-25(21-12-16-23(33-4)17-13-21)29-30-27(31)34-24(20-8-6-5-7-9-20)26(32)28-22-14-10-19(3)11-15-22/h5-18,24H,1-4H3,(H,28,32)/t24-/m1/s1. The second-order valence-corrected chi connectivity index (χ2v) is 9.33. The number of rotatable bonds is 8. The number of benzene rings is 3. The van der Waals surface area contributed by atoms with Gasteiger partial charge in [-0.25, -0.2) is 0 Å². The molecule has 7 heteroatoms. The molecule has 3 aromatic carbocycles. The minimum Gasteiger partial charge on any atom is -0.497 e. The van der Waals surface area contributed by atoms with Gasteiger partial charge in [-0.15, -0.1) is 10.2 Å². The second kappa shape index (κ2) is 10.6. The van der Waals surface area contributed by atoms with Crippen LogP contribution in [-0.2, 0) is 4.79 Å². The molecule has 1 atom stereocenters. The van der Waals surface area contributed by atoms with Gasteiger partial charge in [0.25, 0.3) is 0 Å². The van der Waals surface area contributed by atoms with Crippen LogP contribution in [-0.4, -0.2) is 27.8 Å². The minimum atomic E-state index is -0.493. The van der Waals surface area contributed by atoms with E-state index in [0.29, 0.717) is 5.16 Å². The number of hydrogen-bond acceptors (Lipinski definition) is 5. The minimum absolute atomic E-state index is 0.103. The van der Waals surface area contributed by atoms with Crippen LogP contribution in [0.25, 0.3) is 11.4 Å². The maximum absolute atomic E-state index is 13.4. The van der Waals surface area contributed by atoms with E-state index in [-0.39, 0.29) is 11.9 Å². The Hall–Kier alpha value is -3.58. The van der Waals surface area contributed by atoms with Gasteiger partial charge in [0, 0.05) is 17.3 Å². The SMILES string of the molecule is COc1ccc(-c2nnc(S[C@@H](C(=O)Nc3ccc(C)cc3)c3ccccc3)n2C(C)C)cc1. The Morgan fingerprint density at radius 3 is 2.24 bits per heavy atom. The summed E-state index contributed by atoms with van der Waals surface area (Å²) in [6.07, 6.45) is 0. The summed E-state index contributed by atoms with van der Waals surface area (Å²) in [7, 11) is 1.64. The zero-order valence-corrected chi connectivity index (χ0v) is 20.5. The van der Waals surface area contributed by atoms with Gasteiger partial charge in [-0.2, -0.15) is 0 Å². The van der Waals surface area contributed by atoms with Gasteiger partial charge in [0.1, 0.15) is 11.0 Å². The van der Waals surface area contributed by atoms with Gasteiger partial charge in [-0.1, -0.05) is 59.8 Å². The summed E-state index contributed by atoms with van der Waals surface area (Å²) in [5.41, 5.74) is 3.75. The molecule has 0 aliphatic carbocycles. The molecule has 0 aliphatic heterocycles. The summed E-state index contributed by atoms with van der Waals surface area (Å²) in [5.74, 6) is 1.43. The number of methoxy groups -OCH3 is 1. The normalized spacial score (nSPS) is 11.9. The van der Waals surface area contributed by atoms with Crippen molar-refractivity contribution in [2.75, 3.05) is 12.4 Å². The molecule has 34 heavy (non-hydrogen) atoms. The molecule has 0 saturated carbocycles. The fraction of sp³-hybridized carbons (Fsp3) is 0.222. The molecule has 0 unspecified atom stereocenters. The zero-order valence-electron chi connectivity index (χ0n) is 19.7. The number of aryl methyl sites for hydroxylation is 1. The van der Waals surface area contributed by atoms with Crippen LogP contribution in [0.1, 0.15) is 36.3 Å². The lowest BCUT2D eigenvalue weighted by Crippen LogP contribution is -2.19. The average Bonchev–Trinajstić information content (AvgIpc) is 3.28. The highest BCUT2D eigenvalue weighted by Crippen LogP contribution is 2.38. The van der Waals surface area contributed by atoms with Gasteiger partial charge < -0.3 is 10.1 Å². The Morgan fingerprint density at radius 2 is 1.62 bits per heavy atom. The summed E-state index contributed by atoms with van der Waals surface area (Å²) in [4.78, 5) is 13.4. The Morgan fingerprint density at radius 1 is 0.941 bits per heavy atom. The third kappa shape index (κ3) is 5.31. The molecule has 1 amide bonds. The van der Waals surface area contributed by atoms with Crippen LogP contribution in [0.5, 0.6) is 5.75 Å². The number of ether oxygens (including phenoxy) is 1. The quantitative estimate of drug-likeness (QED) is 0.304. The van der Waals surface area contributed by atoms with Crippen molar-refractivity contribution >= 4 is 23.4 Å². The molecule has 0 saturated heterocycles. The first-order chi connectivity index (χ1) is 16.5. The van der Waals surface area contributed by atoms with Crippen molar-refractivity contribution in [3.05, 3.63) is 90.0 Å². The predicted octanol–water partition coefficient (Wildman–Crippen LogP) is 6.32. The number of carbonyl (C=O) groups is 1. The van der Waals surface area contributed by atoms with E-state index < -0.39 is 5.25 Å². The predicted molar refractivity (Wildman–Crippen MR) is 137 cm³/mol. The van der Waals surface area contributed by atoms with Gasteiger partial charge in [-0.3, -0.25) is 9.36 Å². The van der Waals surface area contributed by atoms with Gasteiger partial charge in [0.2, 0.25) is 5.91 Å². The highest BCUT2D eigenvalue weighted by molar-refractivity contribution is 8.00. The third-order valence-corrected chi connectivity index (χ3v) is 6.62. The number of thioether (sulfide) groups is 1. The highest BCUT2D eigenvalue weighted by atomic mass is 32.2. The lowest BCUT2D eigenvalue weighted by molar-refractivity contribution is -0.115. The lowest BCUT2D eigenvalue weighted by Gasteiger charge is -2.19. The number of nitrogens with zero attached hydrogens (tertiary/aromatic N) is 3. The maximum Gasteiger partial charge on any atom is 0.242 e. The summed E-state index contributed by atoms with van der Waals surface area (Å²) >= 11 is 1.40. The van der Waals surface area contributed by atoms with Crippen LogP contribution < -0.4 is 10.1 Å². The smallest absolute Gasteiger partial charge is 0.242 e. The van der Waals surface area contributed by atoms with E-state index in [1.54, 1.807) is 7.11 Å². The largest absolute Gasteiger partial charge is 0.497 e. The van der Waals surface area contributed by atoms with Crippen molar-refractivity contribution in [2.24, 2.45) is 0 Å². The molecule has 1 heterocycles. The Labute approximate surface area is 204 Å². The van der Waals surface area contributed by atoms with Crippen LogP contribution in [0.4, 0.5) is 5.69 Å². The van der Waals surface area contributed by atoms with E-state index in [9.17, 15) is 4.79 Å². The van der Waals surface area contributed by atoms with Crippen molar-refractivity contribution in [2.45, 2.75) is 37.2 Å². The van der Waals surface area contributed by atoms with E-state index in [4.69, 9.17) is 4.74 Å². The van der Waals surface area contributed by atoms with E-state index in [2.05, 4.69) is 33.9 Å².